The van der Waals surface area contributed by atoms with Gasteiger partial charge in [-0.1, -0.05) is 40.2 Å². The second kappa shape index (κ2) is 6.19. The van der Waals surface area contributed by atoms with Gasteiger partial charge in [-0.05, 0) is 48.9 Å². The van der Waals surface area contributed by atoms with Crippen LogP contribution in [0.15, 0.2) is 69.6 Å². The molecule has 1 heterocycles. The van der Waals surface area contributed by atoms with E-state index in [4.69, 9.17) is 4.42 Å². The minimum atomic E-state index is 0.680. The number of furan rings is 1. The Morgan fingerprint density at radius 2 is 1.81 bits per heavy atom. The van der Waals surface area contributed by atoms with Crippen LogP contribution in [0.4, 0.5) is 5.69 Å². The van der Waals surface area contributed by atoms with Gasteiger partial charge >= 0.3 is 0 Å². The monoisotopic (exact) mass is 341 g/mol. The summed E-state index contributed by atoms with van der Waals surface area (Å²) in [7, 11) is 0. The van der Waals surface area contributed by atoms with Gasteiger partial charge in [0.2, 0.25) is 0 Å². The van der Waals surface area contributed by atoms with Crippen LogP contribution >= 0.6 is 15.9 Å². The zero-order chi connectivity index (χ0) is 14.7. The van der Waals surface area contributed by atoms with Crippen LogP contribution in [0.3, 0.4) is 0 Å². The van der Waals surface area contributed by atoms with Crippen molar-refractivity contribution in [2.75, 3.05) is 5.32 Å². The Kier molecular flexibility index (Phi) is 4.11. The summed E-state index contributed by atoms with van der Waals surface area (Å²) in [5, 5.41) is 3.34. The fourth-order valence-corrected chi connectivity index (χ4v) is 2.42. The highest BCUT2D eigenvalue weighted by molar-refractivity contribution is 9.10. The SMILES string of the molecule is Cc1cc(-c2ccc(CNc3ccccc3)o2)ccc1Br. The van der Waals surface area contributed by atoms with Gasteiger partial charge in [0.25, 0.3) is 0 Å². The Hall–Kier alpha value is -2.00. The van der Waals surface area contributed by atoms with E-state index in [9.17, 15) is 0 Å². The largest absolute Gasteiger partial charge is 0.459 e. The molecule has 21 heavy (non-hydrogen) atoms. The number of benzene rings is 2. The Bertz CT molecular complexity index is 734. The molecule has 0 saturated heterocycles. The Balaban J connectivity index is 1.72. The highest BCUT2D eigenvalue weighted by atomic mass is 79.9. The lowest BCUT2D eigenvalue weighted by molar-refractivity contribution is 0.531. The number of anilines is 1. The maximum absolute atomic E-state index is 5.91. The van der Waals surface area contributed by atoms with Crippen molar-refractivity contribution >= 4 is 21.6 Å². The summed E-state index contributed by atoms with van der Waals surface area (Å²) in [5.74, 6) is 1.82. The lowest BCUT2D eigenvalue weighted by Gasteiger charge is -2.04. The van der Waals surface area contributed by atoms with Crippen LogP contribution in [-0.4, -0.2) is 0 Å². The second-order valence-electron chi connectivity index (χ2n) is 4.95. The molecule has 0 radical (unpaired) electrons. The number of nitrogens with one attached hydrogen (secondary N) is 1. The molecule has 3 rings (SSSR count). The molecule has 0 aliphatic carbocycles. The van der Waals surface area contributed by atoms with Gasteiger partial charge in [0.15, 0.2) is 0 Å². The molecule has 0 fully saturated rings. The summed E-state index contributed by atoms with van der Waals surface area (Å²) in [6.45, 7) is 2.76. The van der Waals surface area contributed by atoms with Gasteiger partial charge in [-0.3, -0.25) is 0 Å². The van der Waals surface area contributed by atoms with Crippen molar-refractivity contribution in [3.63, 3.8) is 0 Å². The van der Waals surface area contributed by atoms with E-state index < -0.39 is 0 Å². The molecular formula is C18H16BrNO. The maximum Gasteiger partial charge on any atom is 0.134 e. The third-order valence-corrected chi connectivity index (χ3v) is 4.23. The van der Waals surface area contributed by atoms with Crippen LogP contribution in [0.1, 0.15) is 11.3 Å². The van der Waals surface area contributed by atoms with E-state index in [1.807, 2.05) is 42.5 Å². The van der Waals surface area contributed by atoms with E-state index in [1.54, 1.807) is 0 Å². The minimum Gasteiger partial charge on any atom is -0.459 e. The van der Waals surface area contributed by atoms with Crippen molar-refractivity contribution in [3.05, 3.63) is 76.5 Å². The number of aryl methyl sites for hydroxylation is 1. The molecule has 0 spiro atoms. The van der Waals surface area contributed by atoms with E-state index >= 15 is 0 Å². The lowest BCUT2D eigenvalue weighted by atomic mass is 10.1. The van der Waals surface area contributed by atoms with Crippen molar-refractivity contribution in [3.8, 4) is 11.3 Å². The van der Waals surface area contributed by atoms with Gasteiger partial charge in [0, 0.05) is 15.7 Å². The molecule has 0 saturated carbocycles. The minimum absolute atomic E-state index is 0.680. The van der Waals surface area contributed by atoms with E-state index in [0.29, 0.717) is 6.54 Å². The first kappa shape index (κ1) is 14.0. The third-order valence-electron chi connectivity index (χ3n) is 3.34. The van der Waals surface area contributed by atoms with Crippen LogP contribution in [0.5, 0.6) is 0 Å². The molecule has 3 aromatic rings. The fraction of sp³-hybridized carbons (Fsp3) is 0.111. The van der Waals surface area contributed by atoms with E-state index in [-0.39, 0.29) is 0 Å². The number of hydrogen-bond acceptors (Lipinski definition) is 2. The Morgan fingerprint density at radius 3 is 2.57 bits per heavy atom. The van der Waals surface area contributed by atoms with Crippen molar-refractivity contribution in [2.45, 2.75) is 13.5 Å². The van der Waals surface area contributed by atoms with E-state index in [0.717, 1.165) is 27.2 Å². The fourth-order valence-electron chi connectivity index (χ4n) is 2.17. The van der Waals surface area contributed by atoms with Crippen LogP contribution < -0.4 is 5.32 Å². The molecule has 3 heteroatoms. The van der Waals surface area contributed by atoms with Crippen LogP contribution in [0.25, 0.3) is 11.3 Å². The predicted molar refractivity (Wildman–Crippen MR) is 90.3 cm³/mol. The van der Waals surface area contributed by atoms with Crippen molar-refractivity contribution in [2.24, 2.45) is 0 Å². The molecule has 2 aromatic carbocycles. The zero-order valence-corrected chi connectivity index (χ0v) is 13.4. The van der Waals surface area contributed by atoms with Crippen molar-refractivity contribution in [1.82, 2.24) is 0 Å². The van der Waals surface area contributed by atoms with Gasteiger partial charge < -0.3 is 9.73 Å². The first-order valence-electron chi connectivity index (χ1n) is 6.86. The average Bonchev–Trinajstić information content (AvgIpc) is 2.98. The van der Waals surface area contributed by atoms with Gasteiger partial charge in [-0.25, -0.2) is 0 Å². The molecule has 0 atom stereocenters. The summed E-state index contributed by atoms with van der Waals surface area (Å²) in [4.78, 5) is 0. The average molecular weight is 342 g/mol. The van der Waals surface area contributed by atoms with Gasteiger partial charge in [0.1, 0.15) is 11.5 Å². The van der Waals surface area contributed by atoms with Crippen LogP contribution in [-0.2, 0) is 6.54 Å². The Morgan fingerprint density at radius 1 is 1.00 bits per heavy atom. The molecule has 0 unspecified atom stereocenters. The smallest absolute Gasteiger partial charge is 0.134 e. The van der Waals surface area contributed by atoms with Crippen molar-refractivity contribution < 1.29 is 4.42 Å². The quantitative estimate of drug-likeness (QED) is 0.665. The second-order valence-corrected chi connectivity index (χ2v) is 5.80. The topological polar surface area (TPSA) is 25.2 Å². The van der Waals surface area contributed by atoms with Gasteiger partial charge in [-0.15, -0.1) is 0 Å². The van der Waals surface area contributed by atoms with Crippen LogP contribution in [0, 0.1) is 6.92 Å². The number of halogens is 1. The summed E-state index contributed by atoms with van der Waals surface area (Å²) in [6.07, 6.45) is 0. The maximum atomic E-state index is 5.91. The first-order chi connectivity index (χ1) is 10.2. The van der Waals surface area contributed by atoms with Crippen LogP contribution in [0.2, 0.25) is 0 Å². The van der Waals surface area contributed by atoms with Gasteiger partial charge in [-0.2, -0.15) is 0 Å². The summed E-state index contributed by atoms with van der Waals surface area (Å²) in [5.41, 5.74) is 3.39. The number of rotatable bonds is 4. The number of hydrogen-bond donors (Lipinski definition) is 1. The van der Waals surface area contributed by atoms with Crippen molar-refractivity contribution in [1.29, 1.82) is 0 Å². The summed E-state index contributed by atoms with van der Waals surface area (Å²) < 4.78 is 7.02. The molecule has 106 valence electrons. The van der Waals surface area contributed by atoms with Gasteiger partial charge in [0.05, 0.1) is 6.54 Å². The molecular weight excluding hydrogens is 326 g/mol. The molecule has 1 N–H and O–H groups in total. The van der Waals surface area contributed by atoms with E-state index in [1.165, 1.54) is 5.56 Å². The molecule has 0 amide bonds. The van der Waals surface area contributed by atoms with E-state index in [2.05, 4.69) is 46.4 Å². The summed E-state index contributed by atoms with van der Waals surface area (Å²) >= 11 is 3.52. The first-order valence-corrected chi connectivity index (χ1v) is 7.66. The molecule has 0 bridgehead atoms. The lowest BCUT2D eigenvalue weighted by Crippen LogP contribution is -1.97. The highest BCUT2D eigenvalue weighted by Gasteiger charge is 2.06. The standard InChI is InChI=1S/C18H16BrNO/c1-13-11-14(7-9-17(13)19)18-10-8-16(21-18)12-20-15-5-3-2-4-6-15/h2-11,20H,12H2,1H3. The third kappa shape index (κ3) is 3.37. The highest BCUT2D eigenvalue weighted by Crippen LogP contribution is 2.26. The molecule has 0 aliphatic heterocycles. The molecule has 1 aromatic heterocycles. The normalized spacial score (nSPS) is 10.6. The zero-order valence-electron chi connectivity index (χ0n) is 11.8. The molecule has 0 aliphatic rings. The molecule has 2 nitrogen and oxygen atoms in total. The Labute approximate surface area is 132 Å². The number of para-hydroxylation sites is 1. The summed E-state index contributed by atoms with van der Waals surface area (Å²) in [6, 6.07) is 20.4. The predicted octanol–water partition coefficient (Wildman–Crippen LogP) is 5.63.